The number of carbonyl (C=O) groups excluding carboxylic acids is 1. The normalized spacial score (nSPS) is 19.6. The van der Waals surface area contributed by atoms with E-state index in [2.05, 4.69) is 55.6 Å². The minimum Gasteiger partial charge on any atom is -0.273 e. The maximum Gasteiger partial charge on any atom is 0.416 e. The van der Waals surface area contributed by atoms with Gasteiger partial charge in [-0.1, -0.05) is 57.2 Å². The van der Waals surface area contributed by atoms with Crippen LogP contribution in [0.15, 0.2) is 53.6 Å². The predicted octanol–water partition coefficient (Wildman–Crippen LogP) is 5.26. The molecule has 2 aromatic carbocycles. The topological polar surface area (TPSA) is 41.5 Å². The van der Waals surface area contributed by atoms with E-state index in [1.54, 1.807) is 0 Å². The number of hydrogen-bond acceptors (Lipinski definition) is 2. The van der Waals surface area contributed by atoms with Crippen molar-refractivity contribution >= 4 is 12.1 Å². The van der Waals surface area contributed by atoms with Crippen LogP contribution in [0, 0.1) is 5.92 Å². The summed E-state index contributed by atoms with van der Waals surface area (Å²) in [4.78, 5) is 12.2. The molecule has 6 heteroatoms. The van der Waals surface area contributed by atoms with Crippen LogP contribution < -0.4 is 5.43 Å². The molecule has 1 aliphatic rings. The molecule has 1 amide bonds. The summed E-state index contributed by atoms with van der Waals surface area (Å²) in [5.41, 5.74) is 4.73. The molecular weight excluding hydrogens is 365 g/mol. The van der Waals surface area contributed by atoms with Crippen LogP contribution in [-0.2, 0) is 16.4 Å². The van der Waals surface area contributed by atoms with Crippen LogP contribution in [0.1, 0.15) is 55.4 Å². The van der Waals surface area contributed by atoms with Crippen LogP contribution in [0.3, 0.4) is 0 Å². The van der Waals surface area contributed by atoms with E-state index in [1.165, 1.54) is 23.9 Å². The fraction of sp³-hybridized carbons (Fsp3) is 0.364. The van der Waals surface area contributed by atoms with Crippen LogP contribution in [-0.4, -0.2) is 12.1 Å². The van der Waals surface area contributed by atoms with Crippen LogP contribution >= 0.6 is 0 Å². The Balaban J connectivity index is 1.53. The second kappa shape index (κ2) is 7.41. The van der Waals surface area contributed by atoms with Gasteiger partial charge in [-0.3, -0.25) is 4.79 Å². The van der Waals surface area contributed by atoms with Crippen LogP contribution in [0.2, 0.25) is 0 Å². The number of amides is 1. The van der Waals surface area contributed by atoms with Crippen LogP contribution in [0.25, 0.3) is 0 Å². The van der Waals surface area contributed by atoms with Gasteiger partial charge in [0.1, 0.15) is 0 Å². The van der Waals surface area contributed by atoms with Crippen molar-refractivity contribution in [3.63, 3.8) is 0 Å². The van der Waals surface area contributed by atoms with Crippen molar-refractivity contribution in [2.24, 2.45) is 11.0 Å². The molecule has 2 aromatic rings. The van der Waals surface area contributed by atoms with Gasteiger partial charge in [-0.25, -0.2) is 5.43 Å². The molecule has 2 atom stereocenters. The quantitative estimate of drug-likeness (QED) is 0.564. The van der Waals surface area contributed by atoms with E-state index in [1.807, 2.05) is 0 Å². The second-order valence-corrected chi connectivity index (χ2v) is 8.17. The number of nitrogens with one attached hydrogen (secondary N) is 1. The van der Waals surface area contributed by atoms with Gasteiger partial charge in [0.2, 0.25) is 5.91 Å². The molecule has 0 bridgehead atoms. The Morgan fingerprint density at radius 3 is 2.11 bits per heavy atom. The van der Waals surface area contributed by atoms with Gasteiger partial charge in [-0.15, -0.1) is 0 Å². The largest absolute Gasteiger partial charge is 0.416 e. The summed E-state index contributed by atoms with van der Waals surface area (Å²) in [6.45, 7) is 6.47. The minimum absolute atomic E-state index is 0.0892. The summed E-state index contributed by atoms with van der Waals surface area (Å²) in [5.74, 6) is -0.103. The van der Waals surface area contributed by atoms with Gasteiger partial charge in [0.25, 0.3) is 0 Å². The Bertz CT molecular complexity index is 863. The van der Waals surface area contributed by atoms with Crippen molar-refractivity contribution in [3.8, 4) is 0 Å². The SMILES string of the molecule is CC(C)(C)c1ccc(C2CC2C(=O)N/N=C/c2ccc(C(F)(F)F)cc2)cc1. The predicted molar refractivity (Wildman–Crippen MR) is 103 cm³/mol. The van der Waals surface area contributed by atoms with E-state index in [9.17, 15) is 18.0 Å². The number of benzene rings is 2. The Kier molecular flexibility index (Phi) is 5.33. The summed E-state index contributed by atoms with van der Waals surface area (Å²) in [6, 6.07) is 13.0. The van der Waals surface area contributed by atoms with E-state index in [-0.39, 0.29) is 23.2 Å². The molecule has 148 valence electrons. The van der Waals surface area contributed by atoms with Crippen molar-refractivity contribution in [2.45, 2.75) is 44.7 Å². The van der Waals surface area contributed by atoms with Gasteiger partial charge < -0.3 is 0 Å². The zero-order valence-electron chi connectivity index (χ0n) is 16.0. The van der Waals surface area contributed by atoms with Gasteiger partial charge in [-0.2, -0.15) is 18.3 Å². The molecule has 1 N–H and O–H groups in total. The maximum atomic E-state index is 12.5. The number of nitrogens with zero attached hydrogens (tertiary/aromatic N) is 1. The molecule has 0 heterocycles. The summed E-state index contributed by atoms with van der Waals surface area (Å²) < 4.78 is 37.6. The van der Waals surface area contributed by atoms with Crippen molar-refractivity contribution < 1.29 is 18.0 Å². The summed E-state index contributed by atoms with van der Waals surface area (Å²) in [6.07, 6.45) is -2.25. The number of alkyl halides is 3. The molecule has 1 saturated carbocycles. The lowest BCUT2D eigenvalue weighted by Crippen LogP contribution is -2.20. The highest BCUT2D eigenvalue weighted by Gasteiger charge is 2.44. The highest BCUT2D eigenvalue weighted by molar-refractivity contribution is 5.85. The summed E-state index contributed by atoms with van der Waals surface area (Å²) >= 11 is 0. The first-order valence-corrected chi connectivity index (χ1v) is 9.16. The third-order valence-electron chi connectivity index (χ3n) is 4.96. The lowest BCUT2D eigenvalue weighted by Gasteiger charge is -2.19. The van der Waals surface area contributed by atoms with E-state index in [0.29, 0.717) is 5.56 Å². The molecule has 0 spiro atoms. The highest BCUT2D eigenvalue weighted by atomic mass is 19.4. The molecule has 0 saturated heterocycles. The smallest absolute Gasteiger partial charge is 0.273 e. The number of hydrazone groups is 1. The number of hydrogen-bond donors (Lipinski definition) is 1. The monoisotopic (exact) mass is 388 g/mol. The van der Waals surface area contributed by atoms with Gasteiger partial charge in [-0.05, 0) is 46.6 Å². The molecule has 0 aromatic heterocycles. The molecular formula is C22H23F3N2O. The molecule has 0 aliphatic heterocycles. The summed E-state index contributed by atoms with van der Waals surface area (Å²) in [5, 5.41) is 3.86. The fourth-order valence-corrected chi connectivity index (χ4v) is 3.09. The number of halogens is 3. The molecule has 2 unspecified atom stereocenters. The second-order valence-electron chi connectivity index (χ2n) is 8.17. The Morgan fingerprint density at radius 2 is 1.57 bits per heavy atom. The molecule has 1 aliphatic carbocycles. The van der Waals surface area contributed by atoms with Gasteiger partial charge >= 0.3 is 6.18 Å². The minimum atomic E-state index is -4.37. The van der Waals surface area contributed by atoms with Crippen molar-refractivity contribution in [1.82, 2.24) is 5.43 Å². The molecule has 3 nitrogen and oxygen atoms in total. The summed E-state index contributed by atoms with van der Waals surface area (Å²) in [7, 11) is 0. The highest BCUT2D eigenvalue weighted by Crippen LogP contribution is 2.47. The zero-order chi connectivity index (χ0) is 20.5. The Labute approximate surface area is 162 Å². The first-order valence-electron chi connectivity index (χ1n) is 9.16. The average Bonchev–Trinajstić information content (AvgIpc) is 3.41. The number of rotatable bonds is 4. The van der Waals surface area contributed by atoms with Crippen LogP contribution in [0.4, 0.5) is 13.2 Å². The Morgan fingerprint density at radius 1 is 1.00 bits per heavy atom. The van der Waals surface area contributed by atoms with Gasteiger partial charge in [0.05, 0.1) is 11.8 Å². The first-order chi connectivity index (χ1) is 13.1. The lowest BCUT2D eigenvalue weighted by atomic mass is 9.86. The number of carbonyl (C=O) groups is 1. The van der Waals surface area contributed by atoms with Crippen molar-refractivity contribution in [1.29, 1.82) is 0 Å². The Hall–Kier alpha value is -2.63. The lowest BCUT2D eigenvalue weighted by molar-refractivity contribution is -0.137. The fourth-order valence-electron chi connectivity index (χ4n) is 3.09. The molecule has 3 rings (SSSR count). The van der Waals surface area contributed by atoms with E-state index < -0.39 is 11.7 Å². The molecule has 0 radical (unpaired) electrons. The van der Waals surface area contributed by atoms with Crippen molar-refractivity contribution in [2.75, 3.05) is 0 Å². The third-order valence-corrected chi connectivity index (χ3v) is 4.96. The molecule has 28 heavy (non-hydrogen) atoms. The van der Waals surface area contributed by atoms with Crippen molar-refractivity contribution in [3.05, 3.63) is 70.8 Å². The first kappa shape index (κ1) is 20.1. The van der Waals surface area contributed by atoms with Crippen LogP contribution in [0.5, 0.6) is 0 Å². The standard InChI is InChI=1S/C22H23F3N2O/c1-21(2,3)16-10-6-15(7-11-16)18-12-19(18)20(28)27-26-13-14-4-8-17(9-5-14)22(23,24)25/h4-11,13,18-19H,12H2,1-3H3,(H,27,28)/b26-13+. The van der Waals surface area contributed by atoms with E-state index >= 15 is 0 Å². The van der Waals surface area contributed by atoms with E-state index in [4.69, 9.17) is 0 Å². The average molecular weight is 388 g/mol. The third kappa shape index (κ3) is 4.80. The van der Waals surface area contributed by atoms with Gasteiger partial charge in [0, 0.05) is 5.92 Å². The zero-order valence-corrected chi connectivity index (χ0v) is 16.0. The molecule has 1 fully saturated rings. The maximum absolute atomic E-state index is 12.5. The van der Waals surface area contributed by atoms with E-state index in [0.717, 1.165) is 24.1 Å². The van der Waals surface area contributed by atoms with Gasteiger partial charge in [0.15, 0.2) is 0 Å².